The number of halogens is 3. The van der Waals surface area contributed by atoms with E-state index in [0.29, 0.717) is 17.1 Å². The summed E-state index contributed by atoms with van der Waals surface area (Å²) in [5.74, 6) is 0.211. The number of nitrogens with one attached hydrogen (secondary N) is 1. The number of anilines is 1. The van der Waals surface area contributed by atoms with Crippen LogP contribution in [0.3, 0.4) is 0 Å². The Bertz CT molecular complexity index is 1330. The molecule has 4 rings (SSSR count). The van der Waals surface area contributed by atoms with Crippen LogP contribution in [0, 0.1) is 26.6 Å². The van der Waals surface area contributed by atoms with E-state index in [2.05, 4.69) is 15.6 Å². The van der Waals surface area contributed by atoms with E-state index >= 15 is 0 Å². The van der Waals surface area contributed by atoms with Crippen LogP contribution in [0.25, 0.3) is 0 Å². The molecule has 10 heteroatoms. The number of hydrogen-bond donors (Lipinski definition) is 1. The number of benzene rings is 2. The lowest BCUT2D eigenvalue weighted by atomic mass is 10.1. The number of aromatic nitrogens is 3. The van der Waals surface area contributed by atoms with Gasteiger partial charge in [0.25, 0.3) is 5.91 Å². The standard InChI is InChI=1S/C24H21Cl2FN4O3/c1-13-7-14(2)9-16(8-13)33-12-18-15(3)34-30-22(18)24(32)28-23-20(26)11-31(29-23)10-17-19(25)5-4-6-21(17)27/h4-9,11H,10,12H2,1-3H3,(H,28,29,32). The average Bonchev–Trinajstić information content (AvgIpc) is 3.30. The molecule has 2 aromatic heterocycles. The molecule has 0 saturated carbocycles. The van der Waals surface area contributed by atoms with Gasteiger partial charge in [0.15, 0.2) is 11.5 Å². The number of aryl methyl sites for hydroxylation is 3. The number of hydrogen-bond acceptors (Lipinski definition) is 5. The van der Waals surface area contributed by atoms with Crippen molar-refractivity contribution >= 4 is 34.9 Å². The van der Waals surface area contributed by atoms with Gasteiger partial charge in [-0.25, -0.2) is 4.39 Å². The first-order valence-electron chi connectivity index (χ1n) is 10.3. The number of carbonyl (C=O) groups is 1. The Hall–Kier alpha value is -3.36. The third kappa shape index (κ3) is 5.24. The lowest BCUT2D eigenvalue weighted by molar-refractivity contribution is 0.101. The smallest absolute Gasteiger partial charge is 0.279 e. The molecule has 0 saturated heterocycles. The minimum atomic E-state index is -0.563. The monoisotopic (exact) mass is 502 g/mol. The van der Waals surface area contributed by atoms with E-state index in [1.165, 1.54) is 23.0 Å². The van der Waals surface area contributed by atoms with Gasteiger partial charge in [-0.1, -0.05) is 40.5 Å². The lowest BCUT2D eigenvalue weighted by Gasteiger charge is -2.09. The molecular formula is C24H21Cl2FN4O3. The minimum absolute atomic E-state index is 0.0408. The van der Waals surface area contributed by atoms with Crippen LogP contribution in [-0.2, 0) is 13.2 Å². The predicted molar refractivity (Wildman–Crippen MR) is 127 cm³/mol. The second-order valence-electron chi connectivity index (χ2n) is 7.86. The van der Waals surface area contributed by atoms with E-state index in [4.69, 9.17) is 32.5 Å². The third-order valence-electron chi connectivity index (χ3n) is 5.11. The van der Waals surface area contributed by atoms with Crippen molar-refractivity contribution in [3.8, 4) is 5.75 Å². The van der Waals surface area contributed by atoms with Crippen molar-refractivity contribution in [2.45, 2.75) is 33.9 Å². The maximum atomic E-state index is 14.1. The third-order valence-corrected chi connectivity index (χ3v) is 5.74. The summed E-state index contributed by atoms with van der Waals surface area (Å²) in [6.07, 6.45) is 1.47. The SMILES string of the molecule is Cc1cc(C)cc(OCc2c(C(=O)Nc3nn(Cc4c(F)cccc4Cl)cc3Cl)noc2C)c1. The lowest BCUT2D eigenvalue weighted by Crippen LogP contribution is -2.16. The Labute approximate surface area is 205 Å². The Morgan fingerprint density at radius 3 is 2.56 bits per heavy atom. The van der Waals surface area contributed by atoms with Crippen LogP contribution in [-0.4, -0.2) is 20.8 Å². The van der Waals surface area contributed by atoms with Gasteiger partial charge in [-0.3, -0.25) is 9.48 Å². The molecule has 1 N–H and O–H groups in total. The molecule has 0 radical (unpaired) electrons. The first kappa shape index (κ1) is 23.8. The van der Waals surface area contributed by atoms with Gasteiger partial charge in [0.05, 0.1) is 12.1 Å². The highest BCUT2D eigenvalue weighted by molar-refractivity contribution is 6.33. The fourth-order valence-corrected chi connectivity index (χ4v) is 3.91. The quantitative estimate of drug-likeness (QED) is 0.329. The molecule has 0 aliphatic rings. The number of carbonyl (C=O) groups excluding carboxylic acids is 1. The fourth-order valence-electron chi connectivity index (χ4n) is 3.49. The van der Waals surface area contributed by atoms with Crippen molar-refractivity contribution in [1.29, 1.82) is 0 Å². The Balaban J connectivity index is 1.49. The first-order chi connectivity index (χ1) is 16.2. The molecule has 0 aliphatic carbocycles. The number of nitrogens with zero attached hydrogens (tertiary/aromatic N) is 3. The fraction of sp³-hybridized carbons (Fsp3) is 0.208. The largest absolute Gasteiger partial charge is 0.489 e. The molecule has 4 aromatic rings. The van der Waals surface area contributed by atoms with Gasteiger partial charge in [0, 0.05) is 16.8 Å². The Morgan fingerprint density at radius 1 is 1.12 bits per heavy atom. The molecule has 0 atom stereocenters. The zero-order valence-electron chi connectivity index (χ0n) is 18.7. The van der Waals surface area contributed by atoms with Gasteiger partial charge < -0.3 is 14.6 Å². The van der Waals surface area contributed by atoms with Crippen molar-refractivity contribution in [3.05, 3.63) is 92.2 Å². The topological polar surface area (TPSA) is 82.2 Å². The van der Waals surface area contributed by atoms with Crippen LogP contribution in [0.2, 0.25) is 10.0 Å². The second-order valence-corrected chi connectivity index (χ2v) is 8.67. The van der Waals surface area contributed by atoms with Gasteiger partial charge >= 0.3 is 0 Å². The highest BCUT2D eigenvalue weighted by atomic mass is 35.5. The zero-order valence-corrected chi connectivity index (χ0v) is 20.2. The molecule has 34 heavy (non-hydrogen) atoms. The van der Waals surface area contributed by atoms with Crippen LogP contribution >= 0.6 is 23.2 Å². The van der Waals surface area contributed by atoms with Crippen LogP contribution in [0.5, 0.6) is 5.75 Å². The summed E-state index contributed by atoms with van der Waals surface area (Å²) < 4.78 is 26.6. The van der Waals surface area contributed by atoms with Gasteiger partial charge in [0.2, 0.25) is 0 Å². The van der Waals surface area contributed by atoms with E-state index in [9.17, 15) is 9.18 Å². The van der Waals surface area contributed by atoms with Crippen LogP contribution in [0.4, 0.5) is 10.2 Å². The summed E-state index contributed by atoms with van der Waals surface area (Å²) >= 11 is 12.3. The average molecular weight is 503 g/mol. The van der Waals surface area contributed by atoms with Gasteiger partial charge in [0.1, 0.15) is 29.0 Å². The van der Waals surface area contributed by atoms with Gasteiger partial charge in [-0.05, 0) is 56.2 Å². The molecule has 7 nitrogen and oxygen atoms in total. The highest BCUT2D eigenvalue weighted by Gasteiger charge is 2.22. The zero-order chi connectivity index (χ0) is 24.4. The second kappa shape index (κ2) is 9.87. The van der Waals surface area contributed by atoms with Crippen molar-refractivity contribution in [2.24, 2.45) is 0 Å². The molecule has 1 amide bonds. The van der Waals surface area contributed by atoms with E-state index in [0.717, 1.165) is 11.1 Å². The highest BCUT2D eigenvalue weighted by Crippen LogP contribution is 2.25. The van der Waals surface area contributed by atoms with Crippen molar-refractivity contribution in [1.82, 2.24) is 14.9 Å². The summed E-state index contributed by atoms with van der Waals surface area (Å²) in [6.45, 7) is 5.79. The van der Waals surface area contributed by atoms with Crippen molar-refractivity contribution in [2.75, 3.05) is 5.32 Å². The summed E-state index contributed by atoms with van der Waals surface area (Å²) in [7, 11) is 0. The van der Waals surface area contributed by atoms with Crippen LogP contribution in [0.1, 0.15) is 38.5 Å². The Kier molecular flexibility index (Phi) is 6.90. The predicted octanol–water partition coefficient (Wildman–Crippen LogP) is 6.12. The molecule has 0 spiro atoms. The summed E-state index contributed by atoms with van der Waals surface area (Å²) in [5.41, 5.74) is 2.96. The molecule has 176 valence electrons. The van der Waals surface area contributed by atoms with E-state index < -0.39 is 11.7 Å². The first-order valence-corrected chi connectivity index (χ1v) is 11.1. The molecular weight excluding hydrogens is 482 g/mol. The van der Waals surface area contributed by atoms with Crippen molar-refractivity contribution in [3.63, 3.8) is 0 Å². The molecule has 0 fully saturated rings. The van der Waals surface area contributed by atoms with Crippen molar-refractivity contribution < 1.29 is 18.4 Å². The molecule has 0 aliphatic heterocycles. The van der Waals surface area contributed by atoms with Crippen LogP contribution in [0.15, 0.2) is 47.1 Å². The molecule has 0 unspecified atom stereocenters. The minimum Gasteiger partial charge on any atom is -0.489 e. The van der Waals surface area contributed by atoms with E-state index in [1.54, 1.807) is 13.0 Å². The molecule has 2 aromatic carbocycles. The summed E-state index contributed by atoms with van der Waals surface area (Å²) in [6, 6.07) is 10.3. The summed E-state index contributed by atoms with van der Waals surface area (Å²) in [5, 5.41) is 11.2. The maximum absolute atomic E-state index is 14.1. The molecule has 2 heterocycles. The normalized spacial score (nSPS) is 11.0. The van der Waals surface area contributed by atoms with Gasteiger partial charge in [-0.2, -0.15) is 5.10 Å². The maximum Gasteiger partial charge on any atom is 0.279 e. The van der Waals surface area contributed by atoms with E-state index in [1.807, 2.05) is 32.0 Å². The van der Waals surface area contributed by atoms with E-state index in [-0.39, 0.29) is 40.3 Å². The van der Waals surface area contributed by atoms with Crippen LogP contribution < -0.4 is 10.1 Å². The Morgan fingerprint density at radius 2 is 1.85 bits per heavy atom. The number of rotatable bonds is 7. The number of ether oxygens (including phenoxy) is 1. The molecule has 0 bridgehead atoms. The number of amides is 1. The summed E-state index contributed by atoms with van der Waals surface area (Å²) in [4.78, 5) is 12.9. The van der Waals surface area contributed by atoms with Gasteiger partial charge in [-0.15, -0.1) is 0 Å².